The molecule has 0 amide bonds. The maximum atomic E-state index is 15.7. The molecular weight excluding hydrogens is 1260 g/mol. The molecule has 6 nitrogen and oxygen atoms in total. The number of aromatic amines is 1. The number of halogens is 1. The molecule has 6 aromatic heterocycles. The van der Waals surface area contributed by atoms with Crippen molar-refractivity contribution in [3.05, 3.63) is 380 Å². The van der Waals surface area contributed by atoms with Gasteiger partial charge in [0.25, 0.3) is 0 Å². The van der Waals surface area contributed by atoms with E-state index in [2.05, 4.69) is 4.98 Å². The Kier molecular flexibility index (Phi) is 5.66. The normalized spacial score (nSPS) is 20.2. The molecule has 0 aliphatic carbocycles. The highest BCUT2D eigenvalue weighted by Crippen LogP contribution is 2.44. The maximum absolute atomic E-state index is 15.7. The van der Waals surface area contributed by atoms with E-state index in [1.165, 1.54) is 0 Å². The number of para-hydroxylation sites is 13. The average Bonchev–Trinajstić information content (AvgIpc) is 1.51. The summed E-state index contributed by atoms with van der Waals surface area (Å²) in [5, 5.41) is -5.23. The van der Waals surface area contributed by atoms with Crippen LogP contribution in [0, 0.1) is 5.82 Å². The lowest BCUT2D eigenvalue weighted by molar-refractivity contribution is 0.631. The van der Waals surface area contributed by atoms with Gasteiger partial charge in [-0.15, -0.1) is 0 Å². The second-order valence-corrected chi connectivity index (χ2v) is 21.8. The predicted octanol–water partition coefficient (Wildman–Crippen LogP) is 25.9. The van der Waals surface area contributed by atoms with Crippen LogP contribution in [0.3, 0.4) is 0 Å². The van der Waals surface area contributed by atoms with Crippen molar-refractivity contribution < 1.29 is 90.8 Å². The number of aromatic nitrogens is 6. The van der Waals surface area contributed by atoms with Crippen molar-refractivity contribution in [3.63, 3.8) is 0 Å². The van der Waals surface area contributed by atoms with Gasteiger partial charge >= 0.3 is 0 Å². The SMILES string of the molecule is [2HH].[2H]c1c([2H])c([2H])c(-c2c([2H])c([2H])c([2H])c([2H])c2-n2c3c([2H])c([2H])c([2H])c([2H])c3c3c([2H])c([2H])c([2H])c([2H])c32)c(F)c1[2H].[2H]c1c([2H])c([2H])c(-n2c3c([2H])c([2H])c([2H])c([2H])c3c3c([2H])c([2H])c([2H])c([2H])c32)c(-c2c([2H])c([2H])c([2H])c([2H])c2-n2c3c([2H])c([2H])c([2H])c([2H])c3c3c([2H])c(-n4c5c([2H])c([2H])c([2H])c([2H])c5c5c([2H])c([2H])c([2H])c([2H])c54)c([2H])c([2H])c32)c1[2H].[2H]c1c([2H])c([2H])c2c([nH]c3c([2H])c([2H])c(-n4c5c([2H])c([2H])c([2H])c([2H])c5c5c([2H])c([2H])c([2H])c([2H])c54)c([2H])c32)c1[2H]. The largest absolute Gasteiger partial charge is 0.355 e. The summed E-state index contributed by atoms with van der Waals surface area (Å²) < 4.78 is 562. The number of nitrogens with one attached hydrogen (secondary N) is 1. The van der Waals surface area contributed by atoms with Gasteiger partial charge in [0.15, 0.2) is 0 Å². The molecule has 0 aliphatic rings. The molecule has 22 rings (SSSR count). The molecular formula is C96H65FN6. The summed E-state index contributed by atoms with van der Waals surface area (Å²) in [5.41, 5.74) is -14.0. The first-order chi connectivity index (χ1) is 76.9. The van der Waals surface area contributed by atoms with E-state index in [1.54, 1.807) is 0 Å². The van der Waals surface area contributed by atoms with Gasteiger partial charge in [0.05, 0.1) is 157 Å². The molecule has 0 atom stereocenters. The van der Waals surface area contributed by atoms with Crippen LogP contribution in [0.1, 0.15) is 86.4 Å². The van der Waals surface area contributed by atoms with E-state index in [9.17, 15) is 15.1 Å². The highest BCUT2D eigenvalue weighted by molar-refractivity contribution is 6.16. The summed E-state index contributed by atoms with van der Waals surface area (Å²) in [4.78, 5) is 2.73. The third-order valence-electron chi connectivity index (χ3n) is 16.5. The van der Waals surface area contributed by atoms with Gasteiger partial charge in [-0.1, -0.05) is 254 Å². The number of nitrogens with zero attached hydrogens (tertiary/aromatic N) is 5. The van der Waals surface area contributed by atoms with E-state index in [1.807, 2.05) is 0 Å². The molecule has 486 valence electrons. The molecule has 1 N–H and O–H groups in total. The molecule has 0 spiro atoms. The summed E-state index contributed by atoms with van der Waals surface area (Å²) in [7, 11) is 0. The summed E-state index contributed by atoms with van der Waals surface area (Å²) in [6.07, 6.45) is 0. The fourth-order valence-corrected chi connectivity index (χ4v) is 12.4. The van der Waals surface area contributed by atoms with Crippen molar-refractivity contribution in [1.29, 1.82) is 0 Å². The minimum Gasteiger partial charge on any atom is -0.355 e. The van der Waals surface area contributed by atoms with Gasteiger partial charge in [-0.2, -0.15) is 0 Å². The molecule has 0 radical (unpaired) electrons. The molecule has 6 heterocycles. The molecule has 0 aliphatic heterocycles. The molecule has 0 saturated heterocycles. The summed E-state index contributed by atoms with van der Waals surface area (Å²) in [6, 6.07) is -53.5. The Hall–Kier alpha value is -13.8. The summed E-state index contributed by atoms with van der Waals surface area (Å²) >= 11 is 0. The molecule has 0 saturated carbocycles. The number of benzene rings is 16. The Morgan fingerprint density at radius 3 is 0.825 bits per heavy atom. The molecule has 0 fully saturated rings. The van der Waals surface area contributed by atoms with Gasteiger partial charge in [0.2, 0.25) is 0 Å². The Balaban J connectivity index is 0.000000169. The zero-order valence-electron chi connectivity index (χ0n) is 113. The van der Waals surface area contributed by atoms with Crippen LogP contribution < -0.4 is 0 Å². The molecule has 7 heteroatoms. The lowest BCUT2D eigenvalue weighted by atomic mass is 10.0. The van der Waals surface area contributed by atoms with Crippen molar-refractivity contribution in [3.8, 4) is 50.7 Å². The Bertz CT molecular complexity index is 10700. The van der Waals surface area contributed by atoms with Crippen LogP contribution in [-0.2, 0) is 0 Å². The third kappa shape index (κ3) is 9.55. The van der Waals surface area contributed by atoms with E-state index in [-0.39, 0.29) is 45.0 Å². The van der Waals surface area contributed by atoms with Crippen LogP contribution in [0.2, 0.25) is 0 Å². The summed E-state index contributed by atoms with van der Waals surface area (Å²) in [5.74, 6) is -1.57. The van der Waals surface area contributed by atoms with Crippen molar-refractivity contribution in [2.75, 3.05) is 0 Å². The topological polar surface area (TPSA) is 40.4 Å². The van der Waals surface area contributed by atoms with Crippen LogP contribution >= 0.6 is 0 Å². The van der Waals surface area contributed by atoms with Gasteiger partial charge in [0, 0.05) is 111 Å². The first kappa shape index (κ1) is 24.0. The Labute approximate surface area is 680 Å². The van der Waals surface area contributed by atoms with Crippen molar-refractivity contribution in [2.45, 2.75) is 0 Å². The van der Waals surface area contributed by atoms with E-state index in [0.717, 1.165) is 13.7 Å². The van der Waals surface area contributed by atoms with Gasteiger partial charge in [0.1, 0.15) is 5.82 Å². The number of hydrogen-bond donors (Lipinski definition) is 1. The smallest absolute Gasteiger partial charge is 0.131 e. The van der Waals surface area contributed by atoms with E-state index in [0.29, 0.717) is 9.13 Å². The third-order valence-corrected chi connectivity index (χ3v) is 16.5. The average molecular weight is 1390 g/mol. The van der Waals surface area contributed by atoms with Gasteiger partial charge in [-0.05, 0) is 121 Å². The van der Waals surface area contributed by atoms with Gasteiger partial charge in [-0.3, -0.25) is 0 Å². The lowest BCUT2D eigenvalue weighted by Gasteiger charge is -2.18. The van der Waals surface area contributed by atoms with Crippen LogP contribution in [-0.4, -0.2) is 27.8 Å². The van der Waals surface area contributed by atoms with Gasteiger partial charge in [-0.25, -0.2) is 4.39 Å². The minimum absolute atomic E-state index is 0. The Morgan fingerprint density at radius 1 is 0.204 bits per heavy atom. The predicted molar refractivity (Wildman–Crippen MR) is 433 cm³/mol. The first-order valence-electron chi connectivity index (χ1n) is 61.0. The molecule has 0 bridgehead atoms. The highest BCUT2D eigenvalue weighted by Gasteiger charge is 2.23. The van der Waals surface area contributed by atoms with Crippen molar-refractivity contribution in [1.82, 2.24) is 27.8 Å². The molecule has 16 aromatic carbocycles. The zero-order chi connectivity index (χ0) is 122. The Morgan fingerprint density at radius 2 is 0.447 bits per heavy atom. The second-order valence-electron chi connectivity index (χ2n) is 21.8. The van der Waals surface area contributed by atoms with Crippen molar-refractivity contribution >= 4 is 131 Å². The number of hydrogen-bond acceptors (Lipinski definition) is 0. The van der Waals surface area contributed by atoms with E-state index < -0.39 is 518 Å². The standard InChI is InChI=1S/C48H31N3.C24H16FN.C24H16N2.H2/c1-8-22-41-33(15-1)34-16-2-9-23-42(34)49(41)32-29-30-48-40(31-32)39-21-7-14-28-47(39)51(48)46-27-13-6-20-38(46)37-19-5-12-26-45(37)50-43-24-10-3-17-35(43)36-18-4-11-25-44(36)50;25-21-13-5-1-9-17(21)18-10-2-6-14-22(18)26-23-15-7-3-11-19(23)20-12-4-8-16-24(20)26;1-4-10-21-17(7-1)20-15-16(13-14-22(20)25-21)26-23-11-5-2-8-18(23)19-9-3-6-12-24(19)26;/h1-31H;1-16H;1-15,25H;1H/i1D,2D,3D,4D,5D,6D,7D,8D,9D,10D,11D,12D,13D,14D,15D,16D,17D,18D,19D,20D,21D,22D,23D,24D,25D,26D,27D,28D,29D,30D,31D;1D,2D,3D,4D,5D,6D,7D,8D,9D,10D,11D,12D,13D,14D,15D,16D;1D,2D,3D,4D,5D,6D,7D,8D,9D,10D,11D,12D,13D,14D,15D;1+1. The first-order valence-corrected chi connectivity index (χ1v) is 30.0. The minimum atomic E-state index is -1.57. The summed E-state index contributed by atoms with van der Waals surface area (Å²) in [6.45, 7) is 0. The fraction of sp³-hybridized carbons (Fsp3) is 0. The van der Waals surface area contributed by atoms with Crippen LogP contribution in [0.5, 0.6) is 0 Å². The van der Waals surface area contributed by atoms with Gasteiger partial charge < -0.3 is 27.8 Å². The van der Waals surface area contributed by atoms with Crippen molar-refractivity contribution in [2.24, 2.45) is 0 Å². The molecule has 0 unspecified atom stereocenters. The number of fused-ring (bicyclic) bond motifs is 18. The van der Waals surface area contributed by atoms with Crippen LogP contribution in [0.15, 0.2) is 375 Å². The monoisotopic (exact) mass is 1380 g/mol. The van der Waals surface area contributed by atoms with Crippen LogP contribution in [0.25, 0.3) is 182 Å². The quantitative estimate of drug-likeness (QED) is 0.165. The zero-order valence-corrected chi connectivity index (χ0v) is 51.1. The van der Waals surface area contributed by atoms with E-state index in [4.69, 9.17) is 69.9 Å². The molecule has 103 heavy (non-hydrogen) atoms. The maximum Gasteiger partial charge on any atom is 0.131 e. The highest BCUT2D eigenvalue weighted by atomic mass is 19.1. The van der Waals surface area contributed by atoms with Crippen LogP contribution in [0.4, 0.5) is 4.39 Å². The lowest BCUT2D eigenvalue weighted by Crippen LogP contribution is -2.01. The number of rotatable bonds is 7. The van der Waals surface area contributed by atoms with E-state index >= 15 is 4.39 Å². The second kappa shape index (κ2) is 24.3. The molecule has 22 aromatic rings. The fourth-order valence-electron chi connectivity index (χ4n) is 12.4. The number of H-pyrrole nitrogens is 1.